The molecule has 1 atom stereocenters. The van der Waals surface area contributed by atoms with Gasteiger partial charge >= 0.3 is 0 Å². The molecule has 0 amide bonds. The van der Waals surface area contributed by atoms with Crippen molar-refractivity contribution in [3.63, 3.8) is 0 Å². The molecular weight excluding hydrogens is 263 g/mol. The molecule has 2 rings (SSSR count). The number of hydrogen-bond acceptors (Lipinski definition) is 2. The van der Waals surface area contributed by atoms with E-state index in [1.54, 1.807) is 12.1 Å². The molecule has 1 heterocycles. The molecule has 1 saturated heterocycles. The molecule has 0 bridgehead atoms. The predicted molar refractivity (Wildman–Crippen MR) is 78.0 cm³/mol. The minimum absolute atomic E-state index is 0.0394. The molecule has 1 unspecified atom stereocenters. The molecule has 1 fully saturated rings. The van der Waals surface area contributed by atoms with Crippen LogP contribution in [0.5, 0.6) is 0 Å². The molecule has 1 aromatic rings. The van der Waals surface area contributed by atoms with E-state index in [4.69, 9.17) is 11.6 Å². The van der Waals surface area contributed by atoms with Crippen molar-refractivity contribution in [1.82, 2.24) is 10.2 Å². The lowest BCUT2D eigenvalue weighted by atomic mass is 9.95. The molecule has 0 radical (unpaired) electrons. The van der Waals surface area contributed by atoms with Gasteiger partial charge in [-0.3, -0.25) is 4.90 Å². The molecule has 106 valence electrons. The maximum absolute atomic E-state index is 13.9. The highest BCUT2D eigenvalue weighted by molar-refractivity contribution is 6.30. The van der Waals surface area contributed by atoms with E-state index >= 15 is 0 Å². The summed E-state index contributed by atoms with van der Waals surface area (Å²) in [6.45, 7) is 9.08. The molecule has 2 nitrogen and oxygen atoms in total. The maximum atomic E-state index is 13.9. The number of rotatable bonds is 3. The number of nitrogens with zero attached hydrogens (tertiary/aromatic N) is 1. The van der Waals surface area contributed by atoms with E-state index in [2.05, 4.69) is 31.0 Å². The van der Waals surface area contributed by atoms with Crippen LogP contribution in [-0.2, 0) is 6.54 Å². The first-order valence-corrected chi connectivity index (χ1v) is 7.22. The monoisotopic (exact) mass is 284 g/mol. The second-order valence-corrected chi connectivity index (χ2v) is 6.35. The van der Waals surface area contributed by atoms with Gasteiger partial charge in [0.2, 0.25) is 0 Å². The van der Waals surface area contributed by atoms with Crippen LogP contribution in [0.1, 0.15) is 32.8 Å². The fraction of sp³-hybridized carbons (Fsp3) is 0.600. The first-order chi connectivity index (χ1) is 8.92. The molecule has 4 heteroatoms. The van der Waals surface area contributed by atoms with Crippen LogP contribution in [0.3, 0.4) is 0 Å². The molecule has 19 heavy (non-hydrogen) atoms. The molecular formula is C15H22ClFN2. The lowest BCUT2D eigenvalue weighted by Crippen LogP contribution is -2.61. The highest BCUT2D eigenvalue weighted by Gasteiger charge is 2.33. The van der Waals surface area contributed by atoms with Gasteiger partial charge in [0.15, 0.2) is 0 Å². The standard InChI is InChI=1S/C15H22ClFN2/c1-4-13-9-19(15(2,3)10-18-13)8-11-5-6-12(16)7-14(11)17/h5-7,13,18H,4,8-10H2,1-3H3. The topological polar surface area (TPSA) is 15.3 Å². The Labute approximate surface area is 119 Å². The summed E-state index contributed by atoms with van der Waals surface area (Å²) in [7, 11) is 0. The van der Waals surface area contributed by atoms with Crippen molar-refractivity contribution >= 4 is 11.6 Å². The van der Waals surface area contributed by atoms with Crippen LogP contribution in [0.15, 0.2) is 18.2 Å². The zero-order valence-electron chi connectivity index (χ0n) is 11.8. The van der Waals surface area contributed by atoms with Gasteiger partial charge in [-0.25, -0.2) is 4.39 Å². The zero-order valence-corrected chi connectivity index (χ0v) is 12.6. The molecule has 1 aliphatic heterocycles. The lowest BCUT2D eigenvalue weighted by Gasteiger charge is -2.46. The number of piperazine rings is 1. The lowest BCUT2D eigenvalue weighted by molar-refractivity contribution is 0.0567. The van der Waals surface area contributed by atoms with Crippen LogP contribution < -0.4 is 5.32 Å². The SMILES string of the molecule is CCC1CN(Cc2ccc(Cl)cc2F)C(C)(C)CN1. The second-order valence-electron chi connectivity index (χ2n) is 5.91. The van der Waals surface area contributed by atoms with Crippen molar-refractivity contribution in [2.24, 2.45) is 0 Å². The highest BCUT2D eigenvalue weighted by Crippen LogP contribution is 2.24. The maximum Gasteiger partial charge on any atom is 0.129 e. The molecule has 0 aliphatic carbocycles. The quantitative estimate of drug-likeness (QED) is 0.915. The summed E-state index contributed by atoms with van der Waals surface area (Å²) in [5, 5.41) is 3.99. The minimum atomic E-state index is -0.213. The van der Waals surface area contributed by atoms with Crippen molar-refractivity contribution in [2.45, 2.75) is 45.3 Å². The van der Waals surface area contributed by atoms with Crippen LogP contribution in [0.2, 0.25) is 5.02 Å². The van der Waals surface area contributed by atoms with Crippen LogP contribution in [0, 0.1) is 5.82 Å². The summed E-state index contributed by atoms with van der Waals surface area (Å²) in [5.74, 6) is -0.213. The van der Waals surface area contributed by atoms with E-state index < -0.39 is 0 Å². The van der Waals surface area contributed by atoms with Gasteiger partial charge in [-0.2, -0.15) is 0 Å². The fourth-order valence-electron chi connectivity index (χ4n) is 2.49. The van der Waals surface area contributed by atoms with E-state index in [0.29, 0.717) is 23.2 Å². The summed E-state index contributed by atoms with van der Waals surface area (Å²) in [5.41, 5.74) is 0.756. The zero-order chi connectivity index (χ0) is 14.0. The Kier molecular flexibility index (Phi) is 4.49. The molecule has 0 aromatic heterocycles. The average Bonchev–Trinajstić information content (AvgIpc) is 2.34. The minimum Gasteiger partial charge on any atom is -0.311 e. The van der Waals surface area contributed by atoms with E-state index in [1.165, 1.54) is 6.07 Å². The number of nitrogens with one attached hydrogen (secondary N) is 1. The first-order valence-electron chi connectivity index (χ1n) is 6.84. The third-order valence-electron chi connectivity index (χ3n) is 3.99. The summed E-state index contributed by atoms with van der Waals surface area (Å²) in [6, 6.07) is 5.43. The third kappa shape index (κ3) is 3.47. The van der Waals surface area contributed by atoms with Crippen molar-refractivity contribution in [2.75, 3.05) is 13.1 Å². The van der Waals surface area contributed by atoms with Gasteiger partial charge in [-0.15, -0.1) is 0 Å². The van der Waals surface area contributed by atoms with Crippen LogP contribution >= 0.6 is 11.6 Å². The Bertz CT molecular complexity index is 448. The van der Waals surface area contributed by atoms with Gasteiger partial charge in [0, 0.05) is 41.8 Å². The third-order valence-corrected chi connectivity index (χ3v) is 4.22. The molecule has 0 saturated carbocycles. The van der Waals surface area contributed by atoms with Crippen LogP contribution in [0.25, 0.3) is 0 Å². The summed E-state index contributed by atoms with van der Waals surface area (Å²) in [4.78, 5) is 2.35. The Hall–Kier alpha value is -0.640. The Morgan fingerprint density at radius 1 is 1.47 bits per heavy atom. The van der Waals surface area contributed by atoms with Gasteiger partial charge < -0.3 is 5.32 Å². The Balaban J connectivity index is 2.15. The van der Waals surface area contributed by atoms with Gasteiger partial charge in [0.1, 0.15) is 5.82 Å². The Morgan fingerprint density at radius 3 is 2.84 bits per heavy atom. The van der Waals surface area contributed by atoms with Crippen molar-refractivity contribution in [3.05, 3.63) is 34.6 Å². The average molecular weight is 285 g/mol. The number of halogens is 2. The molecule has 1 aromatic carbocycles. The summed E-state index contributed by atoms with van der Waals surface area (Å²) >= 11 is 5.80. The normalized spacial score (nSPS) is 23.5. The largest absolute Gasteiger partial charge is 0.311 e. The van der Waals surface area contributed by atoms with E-state index in [1.807, 2.05) is 0 Å². The Morgan fingerprint density at radius 2 is 2.21 bits per heavy atom. The molecule has 1 N–H and O–H groups in total. The molecule has 1 aliphatic rings. The van der Waals surface area contributed by atoms with Crippen molar-refractivity contribution in [3.8, 4) is 0 Å². The van der Waals surface area contributed by atoms with Crippen molar-refractivity contribution in [1.29, 1.82) is 0 Å². The number of hydrogen-bond donors (Lipinski definition) is 1. The van der Waals surface area contributed by atoms with Gasteiger partial charge in [0.25, 0.3) is 0 Å². The molecule has 0 spiro atoms. The predicted octanol–water partition coefficient (Wildman–Crippen LogP) is 3.44. The van der Waals surface area contributed by atoms with Gasteiger partial charge in [-0.1, -0.05) is 24.6 Å². The van der Waals surface area contributed by atoms with E-state index in [0.717, 1.165) is 19.5 Å². The number of benzene rings is 1. The second kappa shape index (κ2) is 5.78. The van der Waals surface area contributed by atoms with Crippen LogP contribution in [0.4, 0.5) is 4.39 Å². The summed E-state index contributed by atoms with van der Waals surface area (Å²) < 4.78 is 13.9. The van der Waals surface area contributed by atoms with E-state index in [-0.39, 0.29) is 11.4 Å². The fourth-order valence-corrected chi connectivity index (χ4v) is 2.65. The van der Waals surface area contributed by atoms with E-state index in [9.17, 15) is 4.39 Å². The summed E-state index contributed by atoms with van der Waals surface area (Å²) in [6.07, 6.45) is 1.09. The van der Waals surface area contributed by atoms with Crippen molar-refractivity contribution < 1.29 is 4.39 Å². The highest BCUT2D eigenvalue weighted by atomic mass is 35.5. The smallest absolute Gasteiger partial charge is 0.129 e. The van der Waals surface area contributed by atoms with Crippen LogP contribution in [-0.4, -0.2) is 29.6 Å². The van der Waals surface area contributed by atoms with Gasteiger partial charge in [0.05, 0.1) is 0 Å². The first kappa shape index (κ1) is 14.8. The van der Waals surface area contributed by atoms with Gasteiger partial charge in [-0.05, 0) is 32.4 Å².